The molecule has 0 spiro atoms. The van der Waals surface area contributed by atoms with Gasteiger partial charge in [0.1, 0.15) is 0 Å². The van der Waals surface area contributed by atoms with E-state index in [-0.39, 0.29) is 11.2 Å². The summed E-state index contributed by atoms with van der Waals surface area (Å²) in [4.78, 5) is 20.9. The van der Waals surface area contributed by atoms with E-state index in [4.69, 9.17) is 19.6 Å². The Morgan fingerprint density at radius 3 is 1.23 bits per heavy atom. The van der Waals surface area contributed by atoms with Crippen molar-refractivity contribution in [1.29, 1.82) is 0 Å². The van der Waals surface area contributed by atoms with Gasteiger partial charge in [0.15, 0.2) is 0 Å². The maximum absolute atomic E-state index is 5.24. The van der Waals surface area contributed by atoms with Gasteiger partial charge >= 0.3 is 0 Å². The second-order valence-electron chi connectivity index (χ2n) is 7.35. The molecule has 0 aliphatic rings. The number of hydrogen-bond donors (Lipinski definition) is 0. The van der Waals surface area contributed by atoms with Gasteiger partial charge < -0.3 is 0 Å². The fraction of sp³-hybridized carbons (Fsp3) is 0.667. The molecule has 22 heavy (non-hydrogen) atoms. The zero-order valence-corrected chi connectivity index (χ0v) is 14.8. The molecule has 1 aromatic rings. The van der Waals surface area contributed by atoms with E-state index >= 15 is 0 Å². The molecule has 0 bridgehead atoms. The topological polar surface area (TPSA) is 36.9 Å². The average molecular weight is 310 g/mol. The molecule has 4 heteroatoms. The normalized spacial score (nSPS) is 12.6. The van der Waals surface area contributed by atoms with Crippen LogP contribution in [0.3, 0.4) is 0 Å². The molecule has 0 heterocycles. The van der Waals surface area contributed by atoms with Crippen molar-refractivity contribution in [2.45, 2.75) is 65.6 Å². The monoisotopic (exact) mass is 310 g/mol. The van der Waals surface area contributed by atoms with Gasteiger partial charge in [-0.3, -0.25) is 0 Å². The van der Waals surface area contributed by atoms with Crippen molar-refractivity contribution in [2.24, 2.45) is 0 Å². The Morgan fingerprint density at radius 1 is 0.636 bits per heavy atom. The molecule has 0 saturated heterocycles. The standard InChI is InChI=1S/C18H30O4/c1-17(2,3)21-19-13-11-15-7-9-16(10-8-15)12-14-20-22-18(4,5)6/h7-10H,11-14H2,1-6H3. The highest BCUT2D eigenvalue weighted by molar-refractivity contribution is 5.22. The average Bonchev–Trinajstić information content (AvgIpc) is 2.39. The van der Waals surface area contributed by atoms with Gasteiger partial charge in [-0.15, -0.1) is 0 Å². The Labute approximate surface area is 134 Å². The van der Waals surface area contributed by atoms with Gasteiger partial charge in [-0.1, -0.05) is 24.3 Å². The first-order chi connectivity index (χ1) is 10.2. The zero-order chi connectivity index (χ0) is 16.6. The fourth-order valence-corrected chi connectivity index (χ4v) is 1.63. The van der Waals surface area contributed by atoms with Gasteiger partial charge in [-0.2, -0.15) is 0 Å². The molecule has 0 unspecified atom stereocenters. The molecule has 4 nitrogen and oxygen atoms in total. The first kappa shape index (κ1) is 19.1. The summed E-state index contributed by atoms with van der Waals surface area (Å²) in [5, 5.41) is 0. The highest BCUT2D eigenvalue weighted by atomic mass is 17.2. The van der Waals surface area contributed by atoms with Crippen LogP contribution in [-0.2, 0) is 32.4 Å². The summed E-state index contributed by atoms with van der Waals surface area (Å²) < 4.78 is 0. The number of hydrogen-bond acceptors (Lipinski definition) is 4. The van der Waals surface area contributed by atoms with E-state index < -0.39 is 0 Å². The minimum atomic E-state index is -0.265. The third-order valence-corrected chi connectivity index (χ3v) is 2.59. The first-order valence-corrected chi connectivity index (χ1v) is 7.85. The lowest BCUT2D eigenvalue weighted by Crippen LogP contribution is -2.20. The van der Waals surface area contributed by atoms with Gasteiger partial charge in [0.25, 0.3) is 0 Å². The third kappa shape index (κ3) is 9.90. The van der Waals surface area contributed by atoms with E-state index in [9.17, 15) is 0 Å². The minimum absolute atomic E-state index is 0.265. The molecule has 0 amide bonds. The highest BCUT2D eigenvalue weighted by Gasteiger charge is 2.11. The second-order valence-corrected chi connectivity index (χ2v) is 7.35. The maximum Gasteiger partial charge on any atom is 0.0952 e. The van der Waals surface area contributed by atoms with Crippen molar-refractivity contribution in [3.05, 3.63) is 35.4 Å². The predicted octanol–water partition coefficient (Wildman–Crippen LogP) is 4.27. The Morgan fingerprint density at radius 2 is 0.955 bits per heavy atom. The van der Waals surface area contributed by atoms with Crippen molar-refractivity contribution >= 4 is 0 Å². The van der Waals surface area contributed by atoms with Crippen molar-refractivity contribution < 1.29 is 19.6 Å². The van der Waals surface area contributed by atoms with Gasteiger partial charge in [0.2, 0.25) is 0 Å². The lowest BCUT2D eigenvalue weighted by atomic mass is 10.1. The molecule has 126 valence electrons. The highest BCUT2D eigenvalue weighted by Crippen LogP contribution is 2.11. The van der Waals surface area contributed by atoms with E-state index in [0.29, 0.717) is 13.2 Å². The Kier molecular flexibility index (Phi) is 7.49. The van der Waals surface area contributed by atoms with Crippen LogP contribution in [0.25, 0.3) is 0 Å². The lowest BCUT2D eigenvalue weighted by molar-refractivity contribution is -0.347. The summed E-state index contributed by atoms with van der Waals surface area (Å²) in [7, 11) is 0. The molecule has 0 atom stereocenters. The van der Waals surface area contributed by atoms with Gasteiger partial charge in [-0.05, 0) is 65.5 Å². The second kappa shape index (κ2) is 8.63. The Hall–Kier alpha value is -0.940. The van der Waals surface area contributed by atoms with Crippen LogP contribution in [0.15, 0.2) is 24.3 Å². The van der Waals surface area contributed by atoms with Gasteiger partial charge in [0.05, 0.1) is 24.4 Å². The predicted molar refractivity (Wildman–Crippen MR) is 87.4 cm³/mol. The largest absolute Gasteiger partial charge is 0.236 e. The van der Waals surface area contributed by atoms with Crippen LogP contribution in [0.5, 0.6) is 0 Å². The van der Waals surface area contributed by atoms with Crippen LogP contribution in [0.4, 0.5) is 0 Å². The smallest absolute Gasteiger partial charge is 0.0952 e. The molecule has 0 fully saturated rings. The van der Waals surface area contributed by atoms with Crippen LogP contribution >= 0.6 is 0 Å². The molecule has 0 N–H and O–H groups in total. The molecular formula is C18H30O4. The van der Waals surface area contributed by atoms with Crippen molar-refractivity contribution in [1.82, 2.24) is 0 Å². The quantitative estimate of drug-likeness (QED) is 0.408. The van der Waals surface area contributed by atoms with Crippen molar-refractivity contribution in [2.75, 3.05) is 13.2 Å². The van der Waals surface area contributed by atoms with E-state index in [1.54, 1.807) is 0 Å². The first-order valence-electron chi connectivity index (χ1n) is 7.85. The summed E-state index contributed by atoms with van der Waals surface area (Å²) in [6.07, 6.45) is 1.67. The number of benzene rings is 1. The van der Waals surface area contributed by atoms with Crippen molar-refractivity contribution in [3.8, 4) is 0 Å². The van der Waals surface area contributed by atoms with Crippen LogP contribution < -0.4 is 0 Å². The van der Waals surface area contributed by atoms with Crippen LogP contribution in [-0.4, -0.2) is 24.4 Å². The molecular weight excluding hydrogens is 280 g/mol. The Bertz CT molecular complexity index is 371. The SMILES string of the molecule is CC(C)(C)OOCCc1ccc(CCOOC(C)(C)C)cc1. The van der Waals surface area contributed by atoms with Crippen LogP contribution in [0.2, 0.25) is 0 Å². The molecule has 1 aromatic carbocycles. The fourth-order valence-electron chi connectivity index (χ4n) is 1.63. The minimum Gasteiger partial charge on any atom is -0.236 e. The summed E-state index contributed by atoms with van der Waals surface area (Å²) in [5.41, 5.74) is 1.93. The lowest BCUT2D eigenvalue weighted by Gasteiger charge is -2.17. The zero-order valence-electron chi connectivity index (χ0n) is 14.8. The molecule has 1 rings (SSSR count). The summed E-state index contributed by atoms with van der Waals surface area (Å²) in [6, 6.07) is 8.45. The van der Waals surface area contributed by atoms with Crippen LogP contribution in [0.1, 0.15) is 52.7 Å². The van der Waals surface area contributed by atoms with E-state index in [2.05, 4.69) is 24.3 Å². The third-order valence-electron chi connectivity index (χ3n) is 2.59. The molecule has 0 radical (unpaired) electrons. The Balaban J connectivity index is 2.22. The summed E-state index contributed by atoms with van der Waals surface area (Å²) in [5.74, 6) is 0. The van der Waals surface area contributed by atoms with Gasteiger partial charge in [-0.25, -0.2) is 19.6 Å². The van der Waals surface area contributed by atoms with E-state index in [1.807, 2.05) is 41.5 Å². The van der Waals surface area contributed by atoms with Gasteiger partial charge in [0, 0.05) is 0 Å². The summed E-state index contributed by atoms with van der Waals surface area (Å²) in [6.45, 7) is 12.9. The summed E-state index contributed by atoms with van der Waals surface area (Å²) >= 11 is 0. The maximum atomic E-state index is 5.24. The molecule has 0 aliphatic heterocycles. The van der Waals surface area contributed by atoms with Crippen LogP contribution in [0, 0.1) is 0 Å². The van der Waals surface area contributed by atoms with Crippen molar-refractivity contribution in [3.63, 3.8) is 0 Å². The number of rotatable bonds is 8. The molecule has 0 aliphatic carbocycles. The molecule has 0 saturated carbocycles. The molecule has 0 aromatic heterocycles. The van der Waals surface area contributed by atoms with E-state index in [1.165, 1.54) is 11.1 Å². The van der Waals surface area contributed by atoms with E-state index in [0.717, 1.165) is 12.8 Å².